The summed E-state index contributed by atoms with van der Waals surface area (Å²) in [5.41, 5.74) is 12.7. The monoisotopic (exact) mass is 634 g/mol. The highest BCUT2D eigenvalue weighted by Crippen LogP contribution is 2.44. The minimum Gasteiger partial charge on any atom is -0.483 e. The maximum Gasteiger partial charge on any atom is 0.490 e. The van der Waals surface area contributed by atoms with Crippen molar-refractivity contribution in [1.82, 2.24) is 4.90 Å². The molecule has 0 saturated carbocycles. The number of fused-ring (bicyclic) bond motifs is 2. The molecule has 4 aliphatic rings. The molecule has 0 radical (unpaired) electrons. The summed E-state index contributed by atoms with van der Waals surface area (Å²) in [4.78, 5) is 2.11. The zero-order chi connectivity index (χ0) is 33.5. The van der Waals surface area contributed by atoms with E-state index in [9.17, 15) is 8.78 Å². The molecule has 0 amide bonds. The molecule has 2 bridgehead atoms. The van der Waals surface area contributed by atoms with Gasteiger partial charge in [0, 0.05) is 30.7 Å². The Morgan fingerprint density at radius 2 is 1.98 bits per heavy atom. The fourth-order valence-corrected chi connectivity index (χ4v) is 6.73. The lowest BCUT2D eigenvalue weighted by molar-refractivity contribution is -0.417. The summed E-state index contributed by atoms with van der Waals surface area (Å²) in [5.74, 6) is -0.893. The fraction of sp³-hybridized carbons (Fsp3) is 0.325. The van der Waals surface area contributed by atoms with Crippen molar-refractivity contribution in [1.29, 1.82) is 5.41 Å². The van der Waals surface area contributed by atoms with Gasteiger partial charge < -0.3 is 14.4 Å². The molecular weight excluding hydrogens is 592 g/mol. The van der Waals surface area contributed by atoms with E-state index >= 15 is 0 Å². The Bertz CT molecular complexity index is 1760. The highest BCUT2D eigenvalue weighted by molar-refractivity contribution is 5.71. The van der Waals surface area contributed by atoms with Crippen LogP contribution in [0.25, 0.3) is 0 Å². The first-order valence-corrected chi connectivity index (χ1v) is 16.0. The highest BCUT2D eigenvalue weighted by Gasteiger charge is 2.39. The lowest BCUT2D eigenvalue weighted by Crippen LogP contribution is -2.41. The number of halogens is 2. The quantitative estimate of drug-likeness (QED) is 0.0923. The third kappa shape index (κ3) is 7.56. The standard InChI is InChI=1S/C40H42F2N3O2/c1-6-32(31-20-21-45(24-31)40(43)47-25-29-15-9-8-10-16-29)28(4)39-30-17-12-11-14-27(3)22-38(37(23-30)44(5)36(39)7-2)46-26-33-34(41)18-13-19-35(33)42/h6-11,14-16,18,24,30-32,37,43H,1-2,4,12,17,20-21,23,25-26H2,3,5H3/q+1. The highest BCUT2D eigenvalue weighted by atomic mass is 19.1. The third-order valence-corrected chi connectivity index (χ3v) is 9.23. The second-order valence-electron chi connectivity index (χ2n) is 12.2. The molecule has 0 spiro atoms. The van der Waals surface area contributed by atoms with E-state index in [-0.39, 0.29) is 42.0 Å². The molecule has 2 heterocycles. The van der Waals surface area contributed by atoms with Gasteiger partial charge in [-0.1, -0.05) is 78.6 Å². The SMILES string of the molecule is C=CC1=C(C(=C)C(C=C)C2C=[N+](C(=N)OCc3ccccc3)CC2)C2CCC=CC(C)=C=C(OCC3=C(F)C=C=C=C3F)C(C2)N1C. The molecule has 1 aromatic rings. The molecular formula is C40H42F2N3O2+. The zero-order valence-corrected chi connectivity index (χ0v) is 27.2. The van der Waals surface area contributed by atoms with Gasteiger partial charge in [0.2, 0.25) is 0 Å². The number of ether oxygens (including phenoxy) is 2. The predicted molar refractivity (Wildman–Crippen MR) is 183 cm³/mol. The van der Waals surface area contributed by atoms with E-state index in [0.29, 0.717) is 25.3 Å². The molecule has 1 aromatic carbocycles. The van der Waals surface area contributed by atoms with Crippen LogP contribution < -0.4 is 0 Å². The second kappa shape index (κ2) is 15.1. The first-order valence-electron chi connectivity index (χ1n) is 16.0. The van der Waals surface area contributed by atoms with Crippen molar-refractivity contribution < 1.29 is 22.8 Å². The van der Waals surface area contributed by atoms with Crippen LogP contribution in [-0.4, -0.2) is 48.0 Å². The number of hydrogen-bond acceptors (Lipinski definition) is 4. The first kappa shape index (κ1) is 33.4. The molecule has 1 N–H and O–H groups in total. The number of amidine groups is 1. The van der Waals surface area contributed by atoms with E-state index in [2.05, 4.69) is 54.1 Å². The van der Waals surface area contributed by atoms with Crippen molar-refractivity contribution in [3.05, 3.63) is 149 Å². The van der Waals surface area contributed by atoms with E-state index in [1.165, 1.54) is 0 Å². The summed E-state index contributed by atoms with van der Waals surface area (Å²) in [7, 11) is 1.98. The molecule has 0 saturated heterocycles. The zero-order valence-electron chi connectivity index (χ0n) is 27.2. The van der Waals surface area contributed by atoms with Crippen LogP contribution in [0.4, 0.5) is 8.78 Å². The molecule has 2 aliphatic heterocycles. The molecule has 5 nitrogen and oxygen atoms in total. The summed E-state index contributed by atoms with van der Waals surface area (Å²) in [6.07, 6.45) is 14.4. The van der Waals surface area contributed by atoms with E-state index in [0.717, 1.165) is 53.3 Å². The van der Waals surface area contributed by atoms with Gasteiger partial charge in [-0.25, -0.2) is 8.97 Å². The fourth-order valence-electron chi connectivity index (χ4n) is 6.73. The molecule has 2 aliphatic carbocycles. The van der Waals surface area contributed by atoms with Crippen LogP contribution in [0, 0.1) is 23.2 Å². The number of nitrogens with one attached hydrogen (secondary N) is 1. The van der Waals surface area contributed by atoms with Crippen molar-refractivity contribution in [3.8, 4) is 0 Å². The topological polar surface area (TPSA) is 48.6 Å². The Morgan fingerprint density at radius 3 is 2.70 bits per heavy atom. The number of nitrogens with zero attached hydrogens (tertiary/aromatic N) is 2. The summed E-state index contributed by atoms with van der Waals surface area (Å²) in [6, 6.07) is 9.73. The van der Waals surface area contributed by atoms with Gasteiger partial charge in [0.15, 0.2) is 11.6 Å². The van der Waals surface area contributed by atoms with Crippen molar-refractivity contribution in [2.24, 2.45) is 17.8 Å². The first-order chi connectivity index (χ1) is 22.7. The Hall–Kier alpha value is -4.92. The minimum absolute atomic E-state index is 0.0618. The molecule has 4 atom stereocenters. The second-order valence-corrected chi connectivity index (χ2v) is 12.2. The van der Waals surface area contributed by atoms with Crippen LogP contribution >= 0.6 is 0 Å². The van der Waals surface area contributed by atoms with Crippen molar-refractivity contribution in [3.63, 3.8) is 0 Å². The largest absolute Gasteiger partial charge is 0.490 e. The molecule has 5 rings (SSSR count). The van der Waals surface area contributed by atoms with Gasteiger partial charge in [-0.15, -0.1) is 6.58 Å². The average Bonchev–Trinajstić information content (AvgIpc) is 3.55. The molecule has 47 heavy (non-hydrogen) atoms. The van der Waals surface area contributed by atoms with Gasteiger partial charge in [-0.2, -0.15) is 4.39 Å². The number of allylic oxidation sites excluding steroid dienone is 8. The lowest BCUT2D eigenvalue weighted by atomic mass is 9.73. The van der Waals surface area contributed by atoms with Crippen LogP contribution in [0.1, 0.15) is 38.2 Å². The van der Waals surface area contributed by atoms with Crippen LogP contribution in [0.2, 0.25) is 0 Å². The maximum atomic E-state index is 14.5. The van der Waals surface area contributed by atoms with Crippen LogP contribution in [-0.2, 0) is 16.1 Å². The summed E-state index contributed by atoms with van der Waals surface area (Å²) >= 11 is 0. The molecule has 0 fully saturated rings. The van der Waals surface area contributed by atoms with Crippen LogP contribution in [0.3, 0.4) is 0 Å². The lowest BCUT2D eigenvalue weighted by Gasteiger charge is -2.43. The van der Waals surface area contributed by atoms with Crippen LogP contribution in [0.5, 0.6) is 0 Å². The minimum atomic E-state index is -0.818. The van der Waals surface area contributed by atoms with E-state index in [1.54, 1.807) is 0 Å². The summed E-state index contributed by atoms with van der Waals surface area (Å²) in [5, 5.41) is 8.56. The predicted octanol–water partition coefficient (Wildman–Crippen LogP) is 8.56. The Labute approximate surface area is 276 Å². The Morgan fingerprint density at radius 1 is 1.19 bits per heavy atom. The third-order valence-electron chi connectivity index (χ3n) is 9.23. The van der Waals surface area contributed by atoms with Gasteiger partial charge in [-0.05, 0) is 72.6 Å². The van der Waals surface area contributed by atoms with E-state index in [1.807, 2.05) is 67.1 Å². The number of rotatable bonds is 10. The maximum absolute atomic E-state index is 14.5. The Balaban J connectivity index is 1.40. The summed E-state index contributed by atoms with van der Waals surface area (Å²) in [6.45, 7) is 15.7. The van der Waals surface area contributed by atoms with E-state index in [4.69, 9.17) is 14.9 Å². The van der Waals surface area contributed by atoms with Crippen LogP contribution in [0.15, 0.2) is 143 Å². The summed E-state index contributed by atoms with van der Waals surface area (Å²) < 4.78 is 42.7. The van der Waals surface area contributed by atoms with Gasteiger partial charge in [-0.3, -0.25) is 0 Å². The smallest absolute Gasteiger partial charge is 0.483 e. The molecule has 0 aromatic heterocycles. The van der Waals surface area contributed by atoms with Gasteiger partial charge in [0.25, 0.3) is 0 Å². The number of likely N-dealkylation sites (N-methyl/N-ethyl adjacent to an activating group) is 1. The van der Waals surface area contributed by atoms with Gasteiger partial charge in [0.05, 0.1) is 24.4 Å². The number of benzene rings is 1. The van der Waals surface area contributed by atoms with Crippen molar-refractivity contribution in [2.75, 3.05) is 20.2 Å². The Kier molecular flexibility index (Phi) is 10.8. The normalized spacial score (nSPS) is 23.0. The van der Waals surface area contributed by atoms with Gasteiger partial charge in [0.1, 0.15) is 19.0 Å². The van der Waals surface area contributed by atoms with Crippen molar-refractivity contribution >= 4 is 12.2 Å². The van der Waals surface area contributed by atoms with Gasteiger partial charge >= 0.3 is 6.02 Å². The molecule has 242 valence electrons. The number of hydrogen-bond donors (Lipinski definition) is 1. The molecule has 7 heteroatoms. The van der Waals surface area contributed by atoms with Crippen molar-refractivity contribution in [2.45, 2.75) is 45.3 Å². The molecule has 4 unspecified atom stereocenters. The average molecular weight is 635 g/mol. The van der Waals surface area contributed by atoms with E-state index < -0.39 is 11.7 Å².